The van der Waals surface area contributed by atoms with Crippen LogP contribution in [-0.2, 0) is 19.1 Å². The van der Waals surface area contributed by atoms with Crippen molar-refractivity contribution >= 4 is 17.8 Å². The van der Waals surface area contributed by atoms with E-state index >= 15 is 0 Å². The summed E-state index contributed by atoms with van der Waals surface area (Å²) in [5.74, 6) is -0.973. The summed E-state index contributed by atoms with van der Waals surface area (Å²) >= 11 is 0. The van der Waals surface area contributed by atoms with E-state index in [9.17, 15) is 14.4 Å². The minimum atomic E-state index is -0.734. The van der Waals surface area contributed by atoms with Crippen LogP contribution in [-0.4, -0.2) is 34.8 Å². The third kappa shape index (κ3) is 1.29. The first-order chi connectivity index (χ1) is 6.59. The fourth-order valence-corrected chi connectivity index (χ4v) is 2.07. The molecule has 2 heterocycles. The maximum Gasteiger partial charge on any atom is 0.303 e. The van der Waals surface area contributed by atoms with Crippen LogP contribution in [0, 0.1) is 0 Å². The van der Waals surface area contributed by atoms with Gasteiger partial charge in [-0.05, 0) is 6.42 Å². The molecule has 5 nitrogen and oxygen atoms in total. The summed E-state index contributed by atoms with van der Waals surface area (Å²) in [6, 6.07) is -0.0423. The fourth-order valence-electron chi connectivity index (χ4n) is 2.07. The average Bonchev–Trinajstić information content (AvgIpc) is 2.57. The Bertz CT molecular complexity index is 312. The van der Waals surface area contributed by atoms with Gasteiger partial charge in [0.2, 0.25) is 5.91 Å². The summed E-state index contributed by atoms with van der Waals surface area (Å²) in [5.41, 5.74) is 0. The number of esters is 1. The van der Waals surface area contributed by atoms with Crippen molar-refractivity contribution in [1.29, 1.82) is 0 Å². The number of hydrogen-bond acceptors (Lipinski definition) is 4. The van der Waals surface area contributed by atoms with Crippen molar-refractivity contribution in [3.05, 3.63) is 0 Å². The van der Waals surface area contributed by atoms with Gasteiger partial charge in [-0.2, -0.15) is 0 Å². The predicted molar refractivity (Wildman–Crippen MR) is 45.0 cm³/mol. The van der Waals surface area contributed by atoms with Gasteiger partial charge in [-0.3, -0.25) is 19.3 Å². The fraction of sp³-hybridized carbons (Fsp3) is 0.667. The van der Waals surface area contributed by atoms with Crippen LogP contribution in [0.2, 0.25) is 0 Å². The van der Waals surface area contributed by atoms with Crippen molar-refractivity contribution < 1.29 is 19.1 Å². The Labute approximate surface area is 81.0 Å². The number of ether oxygens (including phenoxy) is 1. The predicted octanol–water partition coefficient (Wildman–Crippen LogP) is -0.161. The summed E-state index contributed by atoms with van der Waals surface area (Å²) < 4.78 is 4.83. The highest BCUT2D eigenvalue weighted by molar-refractivity contribution is 6.01. The molecule has 2 amide bonds. The first-order valence-corrected chi connectivity index (χ1v) is 4.62. The standard InChI is InChI=1S/C9H11NO4/c1-5(11)14-7-4-6-2-3-8(12)10(6)9(7)13/h6-7H,2-4H2,1H3/t6-,7+/m1/s1. The number of carbonyl (C=O) groups excluding carboxylic acids is 3. The lowest BCUT2D eigenvalue weighted by Gasteiger charge is -2.11. The first-order valence-electron chi connectivity index (χ1n) is 4.62. The quantitative estimate of drug-likeness (QED) is 0.433. The number of nitrogens with zero attached hydrogens (tertiary/aromatic N) is 1. The summed E-state index contributed by atoms with van der Waals surface area (Å²) in [6.07, 6.45) is 0.858. The van der Waals surface area contributed by atoms with Crippen molar-refractivity contribution in [3.8, 4) is 0 Å². The second-order valence-corrected chi connectivity index (χ2v) is 3.63. The smallest absolute Gasteiger partial charge is 0.303 e. The van der Waals surface area contributed by atoms with Crippen LogP contribution in [0.15, 0.2) is 0 Å². The molecule has 2 saturated heterocycles. The van der Waals surface area contributed by atoms with Crippen LogP contribution < -0.4 is 0 Å². The molecular weight excluding hydrogens is 186 g/mol. The maximum absolute atomic E-state index is 11.6. The van der Waals surface area contributed by atoms with Crippen LogP contribution >= 0.6 is 0 Å². The van der Waals surface area contributed by atoms with Crippen LogP contribution in [0.4, 0.5) is 0 Å². The van der Waals surface area contributed by atoms with E-state index in [1.54, 1.807) is 0 Å². The topological polar surface area (TPSA) is 63.7 Å². The Morgan fingerprint density at radius 1 is 1.50 bits per heavy atom. The lowest BCUT2D eigenvalue weighted by Crippen LogP contribution is -2.35. The van der Waals surface area contributed by atoms with E-state index in [1.165, 1.54) is 11.8 Å². The van der Waals surface area contributed by atoms with E-state index in [4.69, 9.17) is 4.74 Å². The van der Waals surface area contributed by atoms with Gasteiger partial charge in [0, 0.05) is 25.8 Å². The molecule has 0 spiro atoms. The molecule has 5 heteroatoms. The van der Waals surface area contributed by atoms with Crippen LogP contribution in [0.5, 0.6) is 0 Å². The summed E-state index contributed by atoms with van der Waals surface area (Å²) in [4.78, 5) is 34.7. The molecule has 2 aliphatic heterocycles. The van der Waals surface area contributed by atoms with Crippen molar-refractivity contribution in [2.75, 3.05) is 0 Å². The van der Waals surface area contributed by atoms with Gasteiger partial charge in [-0.25, -0.2) is 0 Å². The highest BCUT2D eigenvalue weighted by Gasteiger charge is 2.47. The van der Waals surface area contributed by atoms with Gasteiger partial charge < -0.3 is 4.74 Å². The molecule has 0 aromatic rings. The van der Waals surface area contributed by atoms with Crippen molar-refractivity contribution in [2.24, 2.45) is 0 Å². The highest BCUT2D eigenvalue weighted by Crippen LogP contribution is 2.31. The molecule has 0 saturated carbocycles. The Kier molecular flexibility index (Phi) is 2.02. The molecule has 0 unspecified atom stereocenters. The van der Waals surface area contributed by atoms with Gasteiger partial charge in [-0.1, -0.05) is 0 Å². The summed E-state index contributed by atoms with van der Waals surface area (Å²) in [5, 5.41) is 0. The van der Waals surface area contributed by atoms with E-state index in [1.807, 2.05) is 0 Å². The SMILES string of the molecule is CC(=O)O[C@H]1C[C@H]2CCC(=O)N2C1=O. The molecule has 0 aromatic heterocycles. The van der Waals surface area contributed by atoms with Gasteiger partial charge in [0.15, 0.2) is 6.10 Å². The van der Waals surface area contributed by atoms with E-state index in [2.05, 4.69) is 0 Å². The number of hydrogen-bond donors (Lipinski definition) is 0. The van der Waals surface area contributed by atoms with Gasteiger partial charge >= 0.3 is 5.97 Å². The molecule has 2 atom stereocenters. The van der Waals surface area contributed by atoms with Gasteiger partial charge in [0.05, 0.1) is 0 Å². The third-order valence-corrected chi connectivity index (χ3v) is 2.63. The maximum atomic E-state index is 11.6. The number of fused-ring (bicyclic) bond motifs is 1. The number of rotatable bonds is 1. The largest absolute Gasteiger partial charge is 0.452 e. The number of carbonyl (C=O) groups is 3. The molecule has 76 valence electrons. The Morgan fingerprint density at radius 3 is 2.79 bits per heavy atom. The Balaban J connectivity index is 2.10. The molecule has 2 fully saturated rings. The van der Waals surface area contributed by atoms with Gasteiger partial charge in [0.1, 0.15) is 0 Å². The van der Waals surface area contributed by atoms with Crippen molar-refractivity contribution in [3.63, 3.8) is 0 Å². The first kappa shape index (κ1) is 9.18. The minimum absolute atomic E-state index is 0.0423. The summed E-state index contributed by atoms with van der Waals surface area (Å²) in [6.45, 7) is 1.26. The van der Waals surface area contributed by atoms with Crippen LogP contribution in [0.3, 0.4) is 0 Å². The zero-order valence-corrected chi connectivity index (χ0v) is 7.86. The lowest BCUT2D eigenvalue weighted by molar-refractivity contribution is -0.156. The zero-order chi connectivity index (χ0) is 10.3. The molecular formula is C9H11NO4. The third-order valence-electron chi connectivity index (χ3n) is 2.63. The van der Waals surface area contributed by atoms with Crippen molar-refractivity contribution in [1.82, 2.24) is 4.90 Å². The Morgan fingerprint density at radius 2 is 2.21 bits per heavy atom. The molecule has 0 bridgehead atoms. The molecule has 2 rings (SSSR count). The second-order valence-electron chi connectivity index (χ2n) is 3.63. The van der Waals surface area contributed by atoms with Crippen LogP contribution in [0.25, 0.3) is 0 Å². The normalized spacial score (nSPS) is 30.8. The number of amides is 2. The lowest BCUT2D eigenvalue weighted by atomic mass is 10.1. The van der Waals surface area contributed by atoms with E-state index in [-0.39, 0.29) is 17.9 Å². The molecule has 0 aliphatic carbocycles. The molecule has 2 aliphatic rings. The van der Waals surface area contributed by atoms with Crippen molar-refractivity contribution in [2.45, 2.75) is 38.3 Å². The van der Waals surface area contributed by atoms with E-state index in [0.717, 1.165) is 0 Å². The minimum Gasteiger partial charge on any atom is -0.452 e. The van der Waals surface area contributed by atoms with Gasteiger partial charge in [0.25, 0.3) is 5.91 Å². The molecule has 0 N–H and O–H groups in total. The monoisotopic (exact) mass is 197 g/mol. The molecule has 0 radical (unpaired) electrons. The Hall–Kier alpha value is -1.39. The number of imide groups is 1. The zero-order valence-electron chi connectivity index (χ0n) is 7.86. The summed E-state index contributed by atoms with van der Waals surface area (Å²) in [7, 11) is 0. The average molecular weight is 197 g/mol. The highest BCUT2D eigenvalue weighted by atomic mass is 16.5. The van der Waals surface area contributed by atoms with Gasteiger partial charge in [-0.15, -0.1) is 0 Å². The van der Waals surface area contributed by atoms with E-state index in [0.29, 0.717) is 19.3 Å². The molecule has 14 heavy (non-hydrogen) atoms. The molecule has 0 aromatic carbocycles. The van der Waals surface area contributed by atoms with Crippen LogP contribution in [0.1, 0.15) is 26.2 Å². The second kappa shape index (κ2) is 3.08. The van der Waals surface area contributed by atoms with E-state index < -0.39 is 12.1 Å².